The SMILES string of the molecule is CCOc1cc(COc2ccc(/C=C(\C#N)C(=O)Nc3ccccc3Cl)cc2)ccc1OCc1ccccc1. The monoisotopic (exact) mass is 538 g/mol. The third-order valence-electron chi connectivity index (χ3n) is 5.63. The van der Waals surface area contributed by atoms with Crippen LogP contribution in [0.5, 0.6) is 17.2 Å². The van der Waals surface area contributed by atoms with Crippen LogP contribution in [0.1, 0.15) is 23.6 Å². The number of amides is 1. The zero-order valence-corrected chi connectivity index (χ0v) is 22.2. The molecule has 0 unspecified atom stereocenters. The van der Waals surface area contributed by atoms with E-state index in [0.29, 0.717) is 53.3 Å². The van der Waals surface area contributed by atoms with Gasteiger partial charge in [-0.05, 0) is 66.1 Å². The van der Waals surface area contributed by atoms with Gasteiger partial charge in [0.15, 0.2) is 11.5 Å². The van der Waals surface area contributed by atoms with Gasteiger partial charge in [-0.15, -0.1) is 0 Å². The van der Waals surface area contributed by atoms with E-state index in [1.54, 1.807) is 48.5 Å². The molecule has 196 valence electrons. The van der Waals surface area contributed by atoms with Crippen LogP contribution in [0.2, 0.25) is 5.02 Å². The Morgan fingerprint density at radius 2 is 1.56 bits per heavy atom. The third-order valence-corrected chi connectivity index (χ3v) is 5.96. The second-order valence-electron chi connectivity index (χ2n) is 8.45. The fraction of sp³-hybridized carbons (Fsp3) is 0.125. The summed E-state index contributed by atoms with van der Waals surface area (Å²) in [4.78, 5) is 12.5. The quantitative estimate of drug-likeness (QED) is 0.158. The molecule has 39 heavy (non-hydrogen) atoms. The molecule has 4 rings (SSSR count). The molecule has 0 aromatic heterocycles. The number of carbonyl (C=O) groups is 1. The number of nitrogens with one attached hydrogen (secondary N) is 1. The summed E-state index contributed by atoms with van der Waals surface area (Å²) in [5, 5.41) is 12.5. The molecule has 0 atom stereocenters. The van der Waals surface area contributed by atoms with E-state index in [2.05, 4.69) is 5.32 Å². The molecule has 0 saturated heterocycles. The van der Waals surface area contributed by atoms with Gasteiger partial charge in [0.1, 0.15) is 30.6 Å². The number of nitrogens with zero attached hydrogens (tertiary/aromatic N) is 1. The van der Waals surface area contributed by atoms with Gasteiger partial charge >= 0.3 is 0 Å². The highest BCUT2D eigenvalue weighted by molar-refractivity contribution is 6.34. The molecule has 6 nitrogen and oxygen atoms in total. The van der Waals surface area contributed by atoms with Crippen LogP contribution in [-0.4, -0.2) is 12.5 Å². The van der Waals surface area contributed by atoms with Gasteiger partial charge < -0.3 is 19.5 Å². The molecule has 0 spiro atoms. The van der Waals surface area contributed by atoms with Crippen molar-refractivity contribution in [2.45, 2.75) is 20.1 Å². The van der Waals surface area contributed by atoms with Gasteiger partial charge in [-0.25, -0.2) is 0 Å². The molecule has 0 aliphatic heterocycles. The summed E-state index contributed by atoms with van der Waals surface area (Å²) in [6.07, 6.45) is 1.51. The molecule has 1 N–H and O–H groups in total. The number of para-hydroxylation sites is 1. The van der Waals surface area contributed by atoms with E-state index in [-0.39, 0.29) is 5.57 Å². The Balaban J connectivity index is 1.37. The van der Waals surface area contributed by atoms with Gasteiger partial charge in [-0.3, -0.25) is 4.79 Å². The molecular formula is C32H27ClN2O4. The van der Waals surface area contributed by atoms with Gasteiger partial charge in [0.05, 0.1) is 17.3 Å². The molecular weight excluding hydrogens is 512 g/mol. The predicted molar refractivity (Wildman–Crippen MR) is 153 cm³/mol. The highest BCUT2D eigenvalue weighted by atomic mass is 35.5. The van der Waals surface area contributed by atoms with Gasteiger partial charge in [0.25, 0.3) is 5.91 Å². The van der Waals surface area contributed by atoms with Gasteiger partial charge in [-0.1, -0.05) is 72.3 Å². The van der Waals surface area contributed by atoms with Crippen LogP contribution < -0.4 is 19.5 Å². The van der Waals surface area contributed by atoms with E-state index >= 15 is 0 Å². The second-order valence-corrected chi connectivity index (χ2v) is 8.86. The van der Waals surface area contributed by atoms with E-state index in [0.717, 1.165) is 11.1 Å². The number of hydrogen-bond donors (Lipinski definition) is 1. The summed E-state index contributed by atoms with van der Waals surface area (Å²) in [7, 11) is 0. The molecule has 1 amide bonds. The summed E-state index contributed by atoms with van der Waals surface area (Å²) >= 11 is 6.09. The highest BCUT2D eigenvalue weighted by Gasteiger charge is 2.12. The number of ether oxygens (including phenoxy) is 3. The Kier molecular flexibility index (Phi) is 9.60. The topological polar surface area (TPSA) is 80.6 Å². The van der Waals surface area contributed by atoms with Crippen LogP contribution in [0.25, 0.3) is 6.08 Å². The largest absolute Gasteiger partial charge is 0.490 e. The fourth-order valence-electron chi connectivity index (χ4n) is 3.66. The Hall–Kier alpha value is -4.73. The predicted octanol–water partition coefficient (Wildman–Crippen LogP) is 7.44. The molecule has 4 aromatic carbocycles. The number of hydrogen-bond acceptors (Lipinski definition) is 5. The number of halogens is 1. The fourth-order valence-corrected chi connectivity index (χ4v) is 3.84. The maximum Gasteiger partial charge on any atom is 0.266 e. The zero-order valence-electron chi connectivity index (χ0n) is 21.4. The zero-order chi connectivity index (χ0) is 27.5. The summed E-state index contributed by atoms with van der Waals surface area (Å²) in [6.45, 7) is 3.23. The first kappa shape index (κ1) is 27.3. The number of benzene rings is 4. The van der Waals surface area contributed by atoms with Crippen molar-refractivity contribution in [2.24, 2.45) is 0 Å². The highest BCUT2D eigenvalue weighted by Crippen LogP contribution is 2.30. The summed E-state index contributed by atoms with van der Waals surface area (Å²) in [5.41, 5.74) is 3.09. The van der Waals surface area contributed by atoms with Crippen molar-refractivity contribution in [3.63, 3.8) is 0 Å². The lowest BCUT2D eigenvalue weighted by Crippen LogP contribution is -2.13. The van der Waals surface area contributed by atoms with Crippen LogP contribution in [0, 0.1) is 11.3 Å². The van der Waals surface area contributed by atoms with Crippen LogP contribution in [0.3, 0.4) is 0 Å². The van der Waals surface area contributed by atoms with Gasteiger partial charge in [-0.2, -0.15) is 5.26 Å². The molecule has 0 bridgehead atoms. The smallest absolute Gasteiger partial charge is 0.266 e. The van der Waals surface area contributed by atoms with Crippen LogP contribution in [0.15, 0.2) is 103 Å². The molecule has 0 radical (unpaired) electrons. The molecule has 0 fully saturated rings. The maximum absolute atomic E-state index is 12.5. The number of carbonyl (C=O) groups excluding carboxylic acids is 1. The van der Waals surface area contributed by atoms with Gasteiger partial charge in [0.2, 0.25) is 0 Å². The minimum atomic E-state index is -0.535. The molecule has 0 heterocycles. The Labute approximate surface area is 233 Å². The van der Waals surface area contributed by atoms with E-state index in [9.17, 15) is 10.1 Å². The lowest BCUT2D eigenvalue weighted by molar-refractivity contribution is -0.112. The average Bonchev–Trinajstić information content (AvgIpc) is 2.97. The molecule has 4 aromatic rings. The normalized spacial score (nSPS) is 10.8. The molecule has 0 saturated carbocycles. The Morgan fingerprint density at radius 1 is 0.846 bits per heavy atom. The summed E-state index contributed by atoms with van der Waals surface area (Å²) < 4.78 is 17.7. The van der Waals surface area contributed by atoms with Crippen LogP contribution in [0.4, 0.5) is 5.69 Å². The Bertz CT molecular complexity index is 1480. The van der Waals surface area contributed by atoms with Crippen molar-refractivity contribution in [1.29, 1.82) is 5.26 Å². The van der Waals surface area contributed by atoms with E-state index in [1.807, 2.05) is 61.5 Å². The van der Waals surface area contributed by atoms with E-state index < -0.39 is 5.91 Å². The van der Waals surface area contributed by atoms with Crippen molar-refractivity contribution in [2.75, 3.05) is 11.9 Å². The average molecular weight is 539 g/mol. The lowest BCUT2D eigenvalue weighted by atomic mass is 10.1. The van der Waals surface area contributed by atoms with E-state index in [1.165, 1.54) is 6.08 Å². The molecule has 0 aliphatic carbocycles. The first-order valence-electron chi connectivity index (χ1n) is 12.4. The summed E-state index contributed by atoms with van der Waals surface area (Å²) in [6, 6.07) is 31.6. The van der Waals surface area contributed by atoms with Crippen molar-refractivity contribution in [3.05, 3.63) is 124 Å². The van der Waals surface area contributed by atoms with Crippen LogP contribution >= 0.6 is 11.6 Å². The van der Waals surface area contributed by atoms with Crippen LogP contribution in [-0.2, 0) is 18.0 Å². The minimum absolute atomic E-state index is 0.0402. The third kappa shape index (κ3) is 7.88. The number of nitriles is 1. The first-order chi connectivity index (χ1) is 19.1. The van der Waals surface area contributed by atoms with Crippen molar-refractivity contribution < 1.29 is 19.0 Å². The second kappa shape index (κ2) is 13.7. The maximum atomic E-state index is 12.5. The van der Waals surface area contributed by atoms with Crippen molar-refractivity contribution >= 4 is 29.3 Å². The van der Waals surface area contributed by atoms with Crippen molar-refractivity contribution in [3.8, 4) is 23.3 Å². The lowest BCUT2D eigenvalue weighted by Gasteiger charge is -2.14. The standard InChI is InChI=1S/C32H27ClN2O4/c1-2-37-31-19-25(14-17-30(31)39-21-24-8-4-3-5-9-24)22-38-27-15-12-23(13-16-27)18-26(20-34)32(36)35-29-11-7-6-10-28(29)33/h3-19H,2,21-22H2,1H3,(H,35,36)/b26-18+. The first-order valence-corrected chi connectivity index (χ1v) is 12.8. The number of rotatable bonds is 11. The number of anilines is 1. The van der Waals surface area contributed by atoms with Gasteiger partial charge in [0, 0.05) is 0 Å². The van der Waals surface area contributed by atoms with Crippen molar-refractivity contribution in [1.82, 2.24) is 0 Å². The Morgan fingerprint density at radius 3 is 2.28 bits per heavy atom. The molecule has 7 heteroatoms. The summed E-state index contributed by atoms with van der Waals surface area (Å²) in [5.74, 6) is 1.45. The van der Waals surface area contributed by atoms with E-state index in [4.69, 9.17) is 25.8 Å². The molecule has 0 aliphatic rings. The minimum Gasteiger partial charge on any atom is -0.490 e.